The molecular formula is C11H11N3O. The van der Waals surface area contributed by atoms with Crippen LogP contribution in [-0.4, -0.2) is 16.2 Å². The maximum Gasteiger partial charge on any atom is 0.143 e. The summed E-state index contributed by atoms with van der Waals surface area (Å²) in [6, 6.07) is 7.69. The fourth-order valence-corrected chi connectivity index (χ4v) is 1.83. The number of para-hydroxylation sites is 2. The predicted octanol–water partition coefficient (Wildman–Crippen LogP) is 1.26. The molecule has 0 fully saturated rings. The number of nitrogens with zero attached hydrogens (tertiary/aromatic N) is 2. The third-order valence-electron chi connectivity index (χ3n) is 2.54. The van der Waals surface area contributed by atoms with E-state index in [0.29, 0.717) is 6.61 Å². The summed E-state index contributed by atoms with van der Waals surface area (Å²) in [5.74, 6) is 1.70. The van der Waals surface area contributed by atoms with Crippen LogP contribution in [0.5, 0.6) is 5.75 Å². The van der Waals surface area contributed by atoms with Gasteiger partial charge in [-0.1, -0.05) is 12.1 Å². The van der Waals surface area contributed by atoms with Crippen molar-refractivity contribution in [1.82, 2.24) is 9.55 Å². The number of fused-ring (bicyclic) bond motifs is 3. The highest BCUT2D eigenvalue weighted by atomic mass is 16.5. The number of rotatable bonds is 0. The van der Waals surface area contributed by atoms with Crippen molar-refractivity contribution in [2.75, 3.05) is 6.61 Å². The Hall–Kier alpha value is -1.81. The lowest BCUT2D eigenvalue weighted by Crippen LogP contribution is -2.19. The van der Waals surface area contributed by atoms with E-state index in [0.717, 1.165) is 17.3 Å². The first-order valence-electron chi connectivity index (χ1n) is 4.87. The van der Waals surface area contributed by atoms with Crippen molar-refractivity contribution in [3.8, 4) is 11.4 Å². The van der Waals surface area contributed by atoms with Gasteiger partial charge in [0.05, 0.1) is 11.7 Å². The van der Waals surface area contributed by atoms with Crippen molar-refractivity contribution in [1.29, 1.82) is 0 Å². The quantitative estimate of drug-likeness (QED) is 0.698. The third-order valence-corrected chi connectivity index (χ3v) is 2.54. The van der Waals surface area contributed by atoms with Gasteiger partial charge in [0, 0.05) is 12.4 Å². The number of imidazole rings is 1. The molecule has 1 aromatic carbocycles. The summed E-state index contributed by atoms with van der Waals surface area (Å²) >= 11 is 0. The molecule has 3 rings (SSSR count). The van der Waals surface area contributed by atoms with Crippen LogP contribution in [0, 0.1) is 0 Å². The molecule has 15 heavy (non-hydrogen) atoms. The van der Waals surface area contributed by atoms with Crippen molar-refractivity contribution >= 4 is 0 Å². The molecule has 0 saturated heterocycles. The second-order valence-corrected chi connectivity index (χ2v) is 3.54. The summed E-state index contributed by atoms with van der Waals surface area (Å²) in [7, 11) is 0. The van der Waals surface area contributed by atoms with E-state index in [-0.39, 0.29) is 6.04 Å². The van der Waals surface area contributed by atoms with Gasteiger partial charge in [-0.05, 0) is 12.1 Å². The van der Waals surface area contributed by atoms with Crippen molar-refractivity contribution in [2.45, 2.75) is 6.04 Å². The standard InChI is InChI=1S/C11H11N3O/c12-8-7-15-10-4-2-1-3-9(10)14-6-5-13-11(8)14/h1-6,8H,7,12H2/t8-/m0/s1. The molecule has 2 heterocycles. The average Bonchev–Trinajstić information content (AvgIpc) is 2.71. The highest BCUT2D eigenvalue weighted by Gasteiger charge is 2.20. The number of hydrogen-bond donors (Lipinski definition) is 1. The van der Waals surface area contributed by atoms with Crippen LogP contribution in [0.4, 0.5) is 0 Å². The van der Waals surface area contributed by atoms with Crippen LogP contribution in [0.15, 0.2) is 36.7 Å². The first-order chi connectivity index (χ1) is 7.36. The molecule has 0 spiro atoms. The molecular weight excluding hydrogens is 190 g/mol. The van der Waals surface area contributed by atoms with E-state index < -0.39 is 0 Å². The van der Waals surface area contributed by atoms with Gasteiger partial charge in [0.25, 0.3) is 0 Å². The molecule has 0 amide bonds. The Balaban J connectivity index is 2.26. The van der Waals surface area contributed by atoms with Gasteiger partial charge >= 0.3 is 0 Å². The fraction of sp³-hybridized carbons (Fsp3) is 0.182. The van der Waals surface area contributed by atoms with Crippen LogP contribution in [0.25, 0.3) is 5.69 Å². The second kappa shape index (κ2) is 3.10. The number of aromatic nitrogens is 2. The highest BCUT2D eigenvalue weighted by molar-refractivity contribution is 5.48. The molecule has 0 radical (unpaired) electrons. The van der Waals surface area contributed by atoms with E-state index in [1.807, 2.05) is 35.0 Å². The van der Waals surface area contributed by atoms with Gasteiger partial charge in [-0.25, -0.2) is 4.98 Å². The second-order valence-electron chi connectivity index (χ2n) is 3.54. The smallest absolute Gasteiger partial charge is 0.143 e. The fourth-order valence-electron chi connectivity index (χ4n) is 1.83. The summed E-state index contributed by atoms with van der Waals surface area (Å²) in [4.78, 5) is 4.25. The molecule has 0 bridgehead atoms. The minimum atomic E-state index is -0.174. The maximum atomic E-state index is 5.96. The zero-order valence-electron chi connectivity index (χ0n) is 8.13. The Kier molecular flexibility index (Phi) is 1.76. The first kappa shape index (κ1) is 8.49. The molecule has 0 unspecified atom stereocenters. The molecule has 1 atom stereocenters. The minimum Gasteiger partial charge on any atom is -0.489 e. The lowest BCUT2D eigenvalue weighted by atomic mass is 10.3. The predicted molar refractivity (Wildman–Crippen MR) is 56.0 cm³/mol. The van der Waals surface area contributed by atoms with Gasteiger partial charge in [-0.3, -0.25) is 4.57 Å². The van der Waals surface area contributed by atoms with Crippen molar-refractivity contribution in [3.63, 3.8) is 0 Å². The molecule has 2 aromatic rings. The summed E-state index contributed by atoms with van der Waals surface area (Å²) < 4.78 is 7.59. The van der Waals surface area contributed by atoms with E-state index in [9.17, 15) is 0 Å². The topological polar surface area (TPSA) is 53.1 Å². The van der Waals surface area contributed by atoms with E-state index >= 15 is 0 Å². The number of nitrogens with two attached hydrogens (primary N) is 1. The Morgan fingerprint density at radius 1 is 1.40 bits per heavy atom. The van der Waals surface area contributed by atoms with Crippen LogP contribution < -0.4 is 10.5 Å². The molecule has 2 N–H and O–H groups in total. The lowest BCUT2D eigenvalue weighted by molar-refractivity contribution is 0.293. The van der Waals surface area contributed by atoms with Crippen LogP contribution in [-0.2, 0) is 0 Å². The van der Waals surface area contributed by atoms with E-state index in [1.165, 1.54) is 0 Å². The number of hydrogen-bond acceptors (Lipinski definition) is 3. The minimum absolute atomic E-state index is 0.174. The molecule has 1 aliphatic heterocycles. The number of ether oxygens (including phenoxy) is 1. The molecule has 1 aliphatic rings. The van der Waals surface area contributed by atoms with E-state index in [4.69, 9.17) is 10.5 Å². The van der Waals surface area contributed by atoms with E-state index in [1.54, 1.807) is 6.20 Å². The van der Waals surface area contributed by atoms with E-state index in [2.05, 4.69) is 4.98 Å². The molecule has 0 aliphatic carbocycles. The Bertz CT molecular complexity index is 492. The third kappa shape index (κ3) is 1.22. The van der Waals surface area contributed by atoms with Gasteiger partial charge in [0.15, 0.2) is 0 Å². The zero-order chi connectivity index (χ0) is 10.3. The van der Waals surface area contributed by atoms with Crippen molar-refractivity contribution < 1.29 is 4.74 Å². The molecule has 1 aromatic heterocycles. The molecule has 0 saturated carbocycles. The highest BCUT2D eigenvalue weighted by Crippen LogP contribution is 2.28. The molecule has 4 nitrogen and oxygen atoms in total. The van der Waals surface area contributed by atoms with Gasteiger partial charge in [-0.15, -0.1) is 0 Å². The zero-order valence-corrected chi connectivity index (χ0v) is 8.13. The largest absolute Gasteiger partial charge is 0.489 e. The van der Waals surface area contributed by atoms with Gasteiger partial charge in [0.1, 0.15) is 18.2 Å². The maximum absolute atomic E-state index is 5.96. The van der Waals surface area contributed by atoms with Gasteiger partial charge in [-0.2, -0.15) is 0 Å². The van der Waals surface area contributed by atoms with Crippen LogP contribution >= 0.6 is 0 Å². The monoisotopic (exact) mass is 201 g/mol. The lowest BCUT2D eigenvalue weighted by Gasteiger charge is -2.07. The summed E-state index contributed by atoms with van der Waals surface area (Å²) in [5.41, 5.74) is 6.96. The Morgan fingerprint density at radius 3 is 3.20 bits per heavy atom. The normalized spacial score (nSPS) is 18.6. The Morgan fingerprint density at radius 2 is 2.27 bits per heavy atom. The van der Waals surface area contributed by atoms with Crippen LogP contribution in [0.3, 0.4) is 0 Å². The van der Waals surface area contributed by atoms with Crippen molar-refractivity contribution in [2.24, 2.45) is 5.73 Å². The summed E-state index contributed by atoms with van der Waals surface area (Å²) in [5, 5.41) is 0. The van der Waals surface area contributed by atoms with Crippen LogP contribution in [0.1, 0.15) is 11.9 Å². The first-order valence-corrected chi connectivity index (χ1v) is 4.87. The Labute approximate surface area is 87.3 Å². The summed E-state index contributed by atoms with van der Waals surface area (Å²) in [6.45, 7) is 0.466. The molecule has 76 valence electrons. The van der Waals surface area contributed by atoms with Crippen LogP contribution in [0.2, 0.25) is 0 Å². The van der Waals surface area contributed by atoms with Gasteiger partial charge in [0.2, 0.25) is 0 Å². The van der Waals surface area contributed by atoms with Crippen molar-refractivity contribution in [3.05, 3.63) is 42.5 Å². The molecule has 4 heteroatoms. The summed E-state index contributed by atoms with van der Waals surface area (Å²) in [6.07, 6.45) is 3.67. The average molecular weight is 201 g/mol. The number of benzene rings is 1. The SMILES string of the molecule is N[C@H]1COc2ccccc2-n2ccnc21. The van der Waals surface area contributed by atoms with Gasteiger partial charge < -0.3 is 10.5 Å².